The van der Waals surface area contributed by atoms with Gasteiger partial charge < -0.3 is 4.74 Å². The van der Waals surface area contributed by atoms with Crippen LogP contribution < -0.4 is 10.2 Å². The van der Waals surface area contributed by atoms with Crippen LogP contribution in [0.2, 0.25) is 0 Å². The van der Waals surface area contributed by atoms with Crippen molar-refractivity contribution in [3.05, 3.63) is 76.9 Å². The van der Waals surface area contributed by atoms with Gasteiger partial charge in [-0.1, -0.05) is 56.3 Å². The van der Waals surface area contributed by atoms with Crippen molar-refractivity contribution >= 4 is 22.9 Å². The van der Waals surface area contributed by atoms with Gasteiger partial charge in [0.15, 0.2) is 0 Å². The van der Waals surface area contributed by atoms with Crippen LogP contribution >= 0.6 is 0 Å². The van der Waals surface area contributed by atoms with Crippen LogP contribution in [0.15, 0.2) is 59.7 Å². The molecule has 144 valence electrons. The van der Waals surface area contributed by atoms with Crippen LogP contribution in [0.1, 0.15) is 42.0 Å². The molecule has 0 aromatic heterocycles. The Labute approximate surface area is 166 Å². The highest BCUT2D eigenvalue weighted by molar-refractivity contribution is 5.91. The molecule has 0 heterocycles. The van der Waals surface area contributed by atoms with E-state index in [1.54, 1.807) is 13.3 Å². The van der Waals surface area contributed by atoms with Gasteiger partial charge in [-0.2, -0.15) is 5.10 Å². The maximum absolute atomic E-state index is 12.4. The number of nitrogens with zero attached hydrogens (tertiary/aromatic N) is 1. The number of hydrogen-bond donors (Lipinski definition) is 1. The number of ether oxygens (including phenoxy) is 1. The second kappa shape index (κ2) is 8.70. The highest BCUT2D eigenvalue weighted by Crippen LogP contribution is 2.29. The summed E-state index contributed by atoms with van der Waals surface area (Å²) in [6.07, 6.45) is 1.99. The number of hydrazone groups is 1. The molecule has 3 aromatic rings. The van der Waals surface area contributed by atoms with E-state index in [9.17, 15) is 4.79 Å². The molecular formula is C24H26N2O2. The van der Waals surface area contributed by atoms with E-state index in [-0.39, 0.29) is 12.3 Å². The number of hydrogen-bond acceptors (Lipinski definition) is 3. The van der Waals surface area contributed by atoms with Crippen molar-refractivity contribution in [3.8, 4) is 5.75 Å². The van der Waals surface area contributed by atoms with E-state index in [1.807, 2.05) is 55.5 Å². The second-order valence-corrected chi connectivity index (χ2v) is 7.21. The molecule has 0 aliphatic heterocycles. The molecule has 0 bridgehead atoms. The average Bonchev–Trinajstić information content (AvgIpc) is 2.69. The summed E-state index contributed by atoms with van der Waals surface area (Å²) in [5.41, 5.74) is 6.78. The first-order valence-corrected chi connectivity index (χ1v) is 9.46. The van der Waals surface area contributed by atoms with Gasteiger partial charge in [-0.3, -0.25) is 4.79 Å². The fourth-order valence-corrected chi connectivity index (χ4v) is 3.32. The van der Waals surface area contributed by atoms with Gasteiger partial charge >= 0.3 is 0 Å². The highest BCUT2D eigenvalue weighted by atomic mass is 16.5. The predicted octanol–water partition coefficient (Wildman–Crippen LogP) is 4.97. The van der Waals surface area contributed by atoms with Gasteiger partial charge in [0.25, 0.3) is 0 Å². The largest absolute Gasteiger partial charge is 0.496 e. The molecule has 0 saturated heterocycles. The maximum atomic E-state index is 12.4. The number of aryl methyl sites for hydroxylation is 1. The van der Waals surface area contributed by atoms with E-state index in [1.165, 1.54) is 0 Å². The summed E-state index contributed by atoms with van der Waals surface area (Å²) >= 11 is 0. The first-order chi connectivity index (χ1) is 13.5. The van der Waals surface area contributed by atoms with Crippen LogP contribution in [-0.2, 0) is 11.2 Å². The van der Waals surface area contributed by atoms with Gasteiger partial charge in [0.05, 0.1) is 19.7 Å². The van der Waals surface area contributed by atoms with Gasteiger partial charge in [-0.25, -0.2) is 5.43 Å². The third-order valence-corrected chi connectivity index (χ3v) is 4.86. The summed E-state index contributed by atoms with van der Waals surface area (Å²) in [6, 6.07) is 18.2. The molecule has 4 nitrogen and oxygen atoms in total. The van der Waals surface area contributed by atoms with Gasteiger partial charge in [-0.05, 0) is 58.0 Å². The lowest BCUT2D eigenvalue weighted by Crippen LogP contribution is -2.20. The van der Waals surface area contributed by atoms with Crippen molar-refractivity contribution in [1.29, 1.82) is 0 Å². The van der Waals surface area contributed by atoms with Crippen molar-refractivity contribution in [2.75, 3.05) is 7.11 Å². The van der Waals surface area contributed by atoms with Crippen molar-refractivity contribution in [2.24, 2.45) is 5.10 Å². The lowest BCUT2D eigenvalue weighted by atomic mass is 9.97. The zero-order valence-corrected chi connectivity index (χ0v) is 16.8. The molecule has 0 fully saturated rings. The zero-order chi connectivity index (χ0) is 20.1. The second-order valence-electron chi connectivity index (χ2n) is 7.21. The van der Waals surface area contributed by atoms with E-state index in [2.05, 4.69) is 30.4 Å². The molecule has 1 N–H and O–H groups in total. The minimum Gasteiger partial charge on any atom is -0.496 e. The molecular weight excluding hydrogens is 348 g/mol. The SMILES string of the molecule is COc1cc(C)c(/C=N\NC(=O)Cc2cccc3ccccc23)cc1C(C)C. The number of amides is 1. The Balaban J connectivity index is 1.72. The quantitative estimate of drug-likeness (QED) is 0.489. The Bertz CT molecular complexity index is 1020. The first kappa shape index (κ1) is 19.6. The van der Waals surface area contributed by atoms with E-state index in [0.29, 0.717) is 5.92 Å². The molecule has 3 aromatic carbocycles. The third-order valence-electron chi connectivity index (χ3n) is 4.86. The number of benzene rings is 3. The van der Waals surface area contributed by atoms with Gasteiger partial charge in [0.2, 0.25) is 5.91 Å². The Morgan fingerprint density at radius 1 is 1.14 bits per heavy atom. The van der Waals surface area contributed by atoms with Crippen molar-refractivity contribution in [2.45, 2.75) is 33.1 Å². The molecule has 3 rings (SSSR count). The molecule has 28 heavy (non-hydrogen) atoms. The van der Waals surface area contributed by atoms with E-state index in [0.717, 1.165) is 38.8 Å². The smallest absolute Gasteiger partial charge is 0.244 e. The lowest BCUT2D eigenvalue weighted by molar-refractivity contribution is -0.120. The molecule has 0 aliphatic carbocycles. The topological polar surface area (TPSA) is 50.7 Å². The number of nitrogens with one attached hydrogen (secondary N) is 1. The van der Waals surface area contributed by atoms with E-state index < -0.39 is 0 Å². The molecule has 0 saturated carbocycles. The summed E-state index contributed by atoms with van der Waals surface area (Å²) in [4.78, 5) is 12.4. The summed E-state index contributed by atoms with van der Waals surface area (Å²) in [5, 5.41) is 6.39. The standard InChI is InChI=1S/C24H26N2O2/c1-16(2)22-13-20(17(3)12-23(22)28-4)15-25-26-24(27)14-19-10-7-9-18-8-5-6-11-21(18)19/h5-13,15-16H,14H2,1-4H3,(H,26,27)/b25-15-. The monoisotopic (exact) mass is 374 g/mol. The van der Waals surface area contributed by atoms with Crippen LogP contribution in [0.25, 0.3) is 10.8 Å². The normalized spacial score (nSPS) is 11.3. The molecule has 0 unspecified atom stereocenters. The van der Waals surface area contributed by atoms with E-state index >= 15 is 0 Å². The third kappa shape index (κ3) is 4.39. The molecule has 0 spiro atoms. The maximum Gasteiger partial charge on any atom is 0.244 e. The summed E-state index contributed by atoms with van der Waals surface area (Å²) in [7, 11) is 1.68. The Morgan fingerprint density at radius 2 is 1.89 bits per heavy atom. The van der Waals surface area contributed by atoms with Crippen molar-refractivity contribution < 1.29 is 9.53 Å². The number of methoxy groups -OCH3 is 1. The molecule has 0 radical (unpaired) electrons. The highest BCUT2D eigenvalue weighted by Gasteiger charge is 2.10. The van der Waals surface area contributed by atoms with Crippen molar-refractivity contribution in [3.63, 3.8) is 0 Å². The Hall–Kier alpha value is -3.14. The minimum atomic E-state index is -0.136. The predicted molar refractivity (Wildman–Crippen MR) is 115 cm³/mol. The van der Waals surface area contributed by atoms with Crippen molar-refractivity contribution in [1.82, 2.24) is 5.43 Å². The molecule has 1 amide bonds. The van der Waals surface area contributed by atoms with Crippen LogP contribution in [-0.4, -0.2) is 19.2 Å². The number of carbonyl (C=O) groups is 1. The number of rotatable bonds is 6. The van der Waals surface area contributed by atoms with E-state index in [4.69, 9.17) is 4.74 Å². The van der Waals surface area contributed by atoms with Gasteiger partial charge in [0, 0.05) is 0 Å². The average molecular weight is 374 g/mol. The number of carbonyl (C=O) groups excluding carboxylic acids is 1. The van der Waals surface area contributed by atoms with Crippen LogP contribution in [0.4, 0.5) is 0 Å². The minimum absolute atomic E-state index is 0.136. The summed E-state index contributed by atoms with van der Waals surface area (Å²) in [6.45, 7) is 6.26. The zero-order valence-electron chi connectivity index (χ0n) is 16.8. The Morgan fingerprint density at radius 3 is 2.64 bits per heavy atom. The number of fused-ring (bicyclic) bond motifs is 1. The summed E-state index contributed by atoms with van der Waals surface area (Å²) in [5.74, 6) is 1.08. The van der Waals surface area contributed by atoms with Crippen LogP contribution in [0, 0.1) is 6.92 Å². The van der Waals surface area contributed by atoms with Gasteiger partial charge in [-0.15, -0.1) is 0 Å². The Kier molecular flexibility index (Phi) is 6.09. The summed E-state index contributed by atoms with van der Waals surface area (Å²) < 4.78 is 5.47. The fourth-order valence-electron chi connectivity index (χ4n) is 3.32. The first-order valence-electron chi connectivity index (χ1n) is 9.46. The molecule has 0 atom stereocenters. The fraction of sp³-hybridized carbons (Fsp3) is 0.250. The molecule has 0 aliphatic rings. The van der Waals surface area contributed by atoms with Crippen LogP contribution in [0.5, 0.6) is 5.75 Å². The molecule has 4 heteroatoms. The van der Waals surface area contributed by atoms with Gasteiger partial charge in [0.1, 0.15) is 5.75 Å². The van der Waals surface area contributed by atoms with Crippen LogP contribution in [0.3, 0.4) is 0 Å². The lowest BCUT2D eigenvalue weighted by Gasteiger charge is -2.14.